The normalized spacial score (nSPS) is 11.3. The molecule has 0 bridgehead atoms. The van der Waals surface area contributed by atoms with E-state index in [0.29, 0.717) is 36.3 Å². The van der Waals surface area contributed by atoms with E-state index in [0.717, 1.165) is 16.9 Å². The highest BCUT2D eigenvalue weighted by Crippen LogP contribution is 2.25. The van der Waals surface area contributed by atoms with E-state index in [1.807, 2.05) is 22.8 Å². The van der Waals surface area contributed by atoms with Gasteiger partial charge in [0.15, 0.2) is 0 Å². The Morgan fingerprint density at radius 3 is 2.86 bits per heavy atom. The van der Waals surface area contributed by atoms with Crippen LogP contribution < -0.4 is 5.32 Å². The van der Waals surface area contributed by atoms with E-state index in [9.17, 15) is 4.79 Å². The number of halogens is 2. The first-order chi connectivity index (χ1) is 10.0. The molecule has 0 unspecified atom stereocenters. The van der Waals surface area contributed by atoms with Gasteiger partial charge in [-0.3, -0.25) is 4.79 Å². The number of aryl methyl sites for hydroxylation is 1. The molecule has 0 aliphatic heterocycles. The molecule has 1 heterocycles. The topological polar surface area (TPSA) is 46.9 Å². The molecule has 0 radical (unpaired) electrons. The predicted octanol–water partition coefficient (Wildman–Crippen LogP) is 3.59. The Hall–Kier alpha value is -1.26. The highest BCUT2D eigenvalue weighted by Gasteiger charge is 2.13. The van der Waals surface area contributed by atoms with Crippen molar-refractivity contribution in [2.75, 3.05) is 6.54 Å². The van der Waals surface area contributed by atoms with E-state index in [1.165, 1.54) is 0 Å². The van der Waals surface area contributed by atoms with Crippen LogP contribution in [0.3, 0.4) is 0 Å². The molecule has 1 aromatic heterocycles. The van der Waals surface area contributed by atoms with Gasteiger partial charge in [-0.15, -0.1) is 11.6 Å². The van der Waals surface area contributed by atoms with Crippen molar-refractivity contribution in [3.8, 4) is 0 Å². The number of nitrogens with zero attached hydrogens (tertiary/aromatic N) is 2. The summed E-state index contributed by atoms with van der Waals surface area (Å²) in [5, 5.41) is 3.53. The van der Waals surface area contributed by atoms with E-state index < -0.39 is 0 Å². The van der Waals surface area contributed by atoms with Crippen LogP contribution in [-0.2, 0) is 17.2 Å². The van der Waals surface area contributed by atoms with Gasteiger partial charge >= 0.3 is 0 Å². The van der Waals surface area contributed by atoms with Gasteiger partial charge in [-0.1, -0.05) is 31.5 Å². The zero-order valence-electron chi connectivity index (χ0n) is 12.2. The lowest BCUT2D eigenvalue weighted by Crippen LogP contribution is -2.28. The Kier molecular flexibility index (Phi) is 5.48. The van der Waals surface area contributed by atoms with Crippen LogP contribution in [0.25, 0.3) is 11.0 Å². The van der Waals surface area contributed by atoms with Crippen LogP contribution in [0.15, 0.2) is 18.2 Å². The van der Waals surface area contributed by atoms with Gasteiger partial charge in [-0.2, -0.15) is 0 Å². The molecule has 2 aromatic rings. The van der Waals surface area contributed by atoms with E-state index in [2.05, 4.69) is 24.1 Å². The number of carbonyl (C=O) groups excluding carboxylic acids is 1. The molecule has 114 valence electrons. The van der Waals surface area contributed by atoms with Gasteiger partial charge in [0, 0.05) is 19.5 Å². The summed E-state index contributed by atoms with van der Waals surface area (Å²) in [7, 11) is 0. The molecule has 0 saturated carbocycles. The summed E-state index contributed by atoms with van der Waals surface area (Å²) < 4.78 is 1.93. The summed E-state index contributed by atoms with van der Waals surface area (Å²) in [5.74, 6) is 1.49. The number of nitrogens with one attached hydrogen (secondary N) is 1. The lowest BCUT2D eigenvalue weighted by Gasteiger charge is -2.10. The van der Waals surface area contributed by atoms with Crippen molar-refractivity contribution in [1.82, 2.24) is 14.9 Å². The average Bonchev–Trinajstić information content (AvgIpc) is 2.82. The molecular weight excluding hydrogens is 309 g/mol. The number of amides is 1. The number of fused-ring (bicyclic) bond motifs is 1. The van der Waals surface area contributed by atoms with E-state index >= 15 is 0 Å². The van der Waals surface area contributed by atoms with Gasteiger partial charge in [0.2, 0.25) is 5.91 Å². The maximum atomic E-state index is 11.9. The molecule has 21 heavy (non-hydrogen) atoms. The molecule has 0 saturated heterocycles. The van der Waals surface area contributed by atoms with Gasteiger partial charge in [0.1, 0.15) is 5.82 Å². The summed E-state index contributed by atoms with van der Waals surface area (Å²) in [4.78, 5) is 16.3. The number of rotatable bonds is 6. The van der Waals surface area contributed by atoms with Crippen LogP contribution >= 0.6 is 23.2 Å². The molecule has 1 amide bonds. The zero-order chi connectivity index (χ0) is 15.4. The van der Waals surface area contributed by atoms with E-state index in [-0.39, 0.29) is 5.91 Å². The quantitative estimate of drug-likeness (QED) is 0.824. The van der Waals surface area contributed by atoms with Crippen molar-refractivity contribution in [2.24, 2.45) is 5.92 Å². The van der Waals surface area contributed by atoms with Crippen LogP contribution in [0, 0.1) is 5.92 Å². The molecule has 0 atom stereocenters. The highest BCUT2D eigenvalue weighted by molar-refractivity contribution is 6.35. The first kappa shape index (κ1) is 16.1. The van der Waals surface area contributed by atoms with Gasteiger partial charge in [-0.25, -0.2) is 4.98 Å². The van der Waals surface area contributed by atoms with Crippen molar-refractivity contribution in [1.29, 1.82) is 0 Å². The van der Waals surface area contributed by atoms with Gasteiger partial charge in [-0.05, 0) is 18.1 Å². The third kappa shape index (κ3) is 3.89. The third-order valence-electron chi connectivity index (χ3n) is 3.19. The predicted molar refractivity (Wildman–Crippen MR) is 86.8 cm³/mol. The molecule has 0 aliphatic carbocycles. The molecule has 4 nitrogen and oxygen atoms in total. The fourth-order valence-electron chi connectivity index (χ4n) is 2.15. The largest absolute Gasteiger partial charge is 0.356 e. The van der Waals surface area contributed by atoms with E-state index in [1.54, 1.807) is 0 Å². The second-order valence-electron chi connectivity index (χ2n) is 5.37. The minimum atomic E-state index is 0.0260. The monoisotopic (exact) mass is 327 g/mol. The van der Waals surface area contributed by atoms with Crippen LogP contribution in [-0.4, -0.2) is 22.0 Å². The van der Waals surface area contributed by atoms with Crippen molar-refractivity contribution < 1.29 is 4.79 Å². The van der Waals surface area contributed by atoms with Crippen molar-refractivity contribution in [2.45, 2.75) is 32.7 Å². The highest BCUT2D eigenvalue weighted by atomic mass is 35.5. The first-order valence-electron chi connectivity index (χ1n) is 6.99. The minimum Gasteiger partial charge on any atom is -0.356 e. The Labute approximate surface area is 134 Å². The summed E-state index contributed by atoms with van der Waals surface area (Å²) in [6, 6.07) is 5.57. The van der Waals surface area contributed by atoms with Crippen LogP contribution in [0.5, 0.6) is 0 Å². The summed E-state index contributed by atoms with van der Waals surface area (Å²) in [5.41, 5.74) is 1.65. The third-order valence-corrected chi connectivity index (χ3v) is 3.73. The minimum absolute atomic E-state index is 0.0260. The number of imidazole rings is 1. The fourth-order valence-corrected chi connectivity index (χ4v) is 2.63. The van der Waals surface area contributed by atoms with Crippen molar-refractivity contribution in [3.63, 3.8) is 0 Å². The lowest BCUT2D eigenvalue weighted by atomic mass is 10.2. The van der Waals surface area contributed by atoms with Crippen LogP contribution in [0.4, 0.5) is 0 Å². The SMILES string of the molecule is CC(C)CNC(=O)CCn1c(CCl)nc2cccc(Cl)c21. The molecule has 0 spiro atoms. The second kappa shape index (κ2) is 7.14. The first-order valence-corrected chi connectivity index (χ1v) is 7.90. The second-order valence-corrected chi connectivity index (χ2v) is 6.04. The number of para-hydroxylation sites is 1. The van der Waals surface area contributed by atoms with Gasteiger partial charge in [0.25, 0.3) is 0 Å². The Morgan fingerprint density at radius 1 is 1.43 bits per heavy atom. The maximum absolute atomic E-state index is 11.9. The summed E-state index contributed by atoms with van der Waals surface area (Å²) in [6.45, 7) is 5.34. The number of hydrogen-bond donors (Lipinski definition) is 1. The summed E-state index contributed by atoms with van der Waals surface area (Å²) in [6.07, 6.45) is 0.382. The lowest BCUT2D eigenvalue weighted by molar-refractivity contribution is -0.121. The van der Waals surface area contributed by atoms with E-state index in [4.69, 9.17) is 23.2 Å². The Bertz CT molecular complexity index is 637. The molecule has 2 rings (SSSR count). The van der Waals surface area contributed by atoms with Gasteiger partial charge < -0.3 is 9.88 Å². The van der Waals surface area contributed by atoms with Crippen LogP contribution in [0.2, 0.25) is 5.02 Å². The molecule has 1 aromatic carbocycles. The summed E-state index contributed by atoms with van der Waals surface area (Å²) >= 11 is 12.2. The standard InChI is InChI=1S/C15H19Cl2N3O/c1-10(2)9-18-14(21)6-7-20-13(8-16)19-12-5-3-4-11(17)15(12)20/h3-5,10H,6-9H2,1-2H3,(H,18,21). The molecular formula is C15H19Cl2N3O. The fraction of sp³-hybridized carbons (Fsp3) is 0.467. The Morgan fingerprint density at radius 2 is 2.19 bits per heavy atom. The zero-order valence-corrected chi connectivity index (χ0v) is 13.7. The molecule has 6 heteroatoms. The molecule has 1 N–H and O–H groups in total. The van der Waals surface area contributed by atoms with Crippen molar-refractivity contribution >= 4 is 40.1 Å². The number of hydrogen-bond acceptors (Lipinski definition) is 2. The number of carbonyl (C=O) groups is 1. The number of benzene rings is 1. The molecule has 0 aliphatic rings. The van der Waals surface area contributed by atoms with Crippen molar-refractivity contribution in [3.05, 3.63) is 29.0 Å². The molecule has 0 fully saturated rings. The van der Waals surface area contributed by atoms with Crippen LogP contribution in [0.1, 0.15) is 26.1 Å². The average molecular weight is 328 g/mol. The number of aromatic nitrogens is 2. The van der Waals surface area contributed by atoms with Gasteiger partial charge in [0.05, 0.1) is 21.9 Å². The Balaban J connectivity index is 2.16. The maximum Gasteiger partial charge on any atom is 0.221 e. The smallest absolute Gasteiger partial charge is 0.221 e. The number of alkyl halides is 1.